The molecule has 124 valence electrons. The predicted octanol–water partition coefficient (Wildman–Crippen LogP) is 2.72. The molecule has 2 rings (SSSR count). The summed E-state index contributed by atoms with van der Waals surface area (Å²) >= 11 is 1.40. The van der Waals surface area contributed by atoms with Crippen molar-refractivity contribution in [2.75, 3.05) is 13.2 Å². The molecule has 0 N–H and O–H groups in total. The molecule has 0 aliphatic carbocycles. The van der Waals surface area contributed by atoms with Crippen LogP contribution in [0.2, 0.25) is 0 Å². The first kappa shape index (κ1) is 17.3. The molecule has 0 amide bonds. The van der Waals surface area contributed by atoms with Crippen LogP contribution in [0.3, 0.4) is 0 Å². The number of carbonyl (C=O) groups excluding carboxylic acids is 2. The van der Waals surface area contributed by atoms with E-state index in [1.165, 1.54) is 11.3 Å². The molecule has 1 aromatic rings. The van der Waals surface area contributed by atoms with E-state index in [0.717, 1.165) is 0 Å². The monoisotopic (exact) mass is 336 g/mol. The number of aliphatic imine (C=N–C) groups is 1. The van der Waals surface area contributed by atoms with Gasteiger partial charge in [0.15, 0.2) is 0 Å². The number of carbonyl (C=O) groups is 2. The van der Waals surface area contributed by atoms with Gasteiger partial charge in [-0.3, -0.25) is 9.79 Å². The fourth-order valence-electron chi connectivity index (χ4n) is 2.70. The zero-order valence-corrected chi connectivity index (χ0v) is 14.5. The Hall–Kier alpha value is -2.02. The minimum absolute atomic E-state index is 0.257. The molecular weight excluding hydrogens is 316 g/mol. The maximum Gasteiger partial charge on any atom is 0.336 e. The van der Waals surface area contributed by atoms with Crippen molar-refractivity contribution in [1.29, 1.82) is 0 Å². The molecule has 0 saturated carbocycles. The number of hydrogen-bond acceptors (Lipinski definition) is 7. The average molecular weight is 336 g/mol. The van der Waals surface area contributed by atoms with Gasteiger partial charge < -0.3 is 9.47 Å². The Morgan fingerprint density at radius 3 is 2.48 bits per heavy atom. The number of nitrogens with zero attached hydrogens (tertiary/aromatic N) is 2. The molecule has 2 atom stereocenters. The van der Waals surface area contributed by atoms with Crippen molar-refractivity contribution in [3.8, 4) is 0 Å². The van der Waals surface area contributed by atoms with E-state index in [1.807, 2.05) is 5.38 Å². The van der Waals surface area contributed by atoms with Crippen LogP contribution >= 0.6 is 11.3 Å². The van der Waals surface area contributed by atoms with Gasteiger partial charge in [0.25, 0.3) is 0 Å². The number of allylic oxidation sites excluding steroid dienone is 1. The maximum atomic E-state index is 12.4. The van der Waals surface area contributed by atoms with Crippen molar-refractivity contribution in [3.63, 3.8) is 0 Å². The van der Waals surface area contributed by atoms with Crippen LogP contribution in [0.4, 0.5) is 0 Å². The summed E-state index contributed by atoms with van der Waals surface area (Å²) in [5.41, 5.74) is 1.56. The highest BCUT2D eigenvalue weighted by Crippen LogP contribution is 2.40. The van der Waals surface area contributed by atoms with Crippen LogP contribution in [0.25, 0.3) is 0 Å². The van der Waals surface area contributed by atoms with Gasteiger partial charge in [-0.15, -0.1) is 11.3 Å². The molecule has 2 heterocycles. The average Bonchev–Trinajstić information content (AvgIpc) is 3.00. The van der Waals surface area contributed by atoms with Crippen molar-refractivity contribution in [1.82, 2.24) is 4.98 Å². The van der Waals surface area contributed by atoms with Gasteiger partial charge in [-0.25, -0.2) is 9.78 Å². The second-order valence-corrected chi connectivity index (χ2v) is 5.98. The second kappa shape index (κ2) is 7.50. The fraction of sp³-hybridized carbons (Fsp3) is 0.500. The number of esters is 2. The maximum absolute atomic E-state index is 12.4. The third-order valence-corrected chi connectivity index (χ3v) is 4.44. The van der Waals surface area contributed by atoms with Gasteiger partial charge in [-0.1, -0.05) is 0 Å². The fourth-order valence-corrected chi connectivity index (χ4v) is 3.49. The highest BCUT2D eigenvalue weighted by molar-refractivity contribution is 7.09. The lowest BCUT2D eigenvalue weighted by atomic mass is 9.80. The largest absolute Gasteiger partial charge is 0.465 e. The van der Waals surface area contributed by atoms with E-state index in [9.17, 15) is 9.59 Å². The summed E-state index contributed by atoms with van der Waals surface area (Å²) in [6.45, 7) is 7.54. The minimum Gasteiger partial charge on any atom is -0.465 e. The Morgan fingerprint density at radius 1 is 1.22 bits per heavy atom. The first-order valence-corrected chi connectivity index (χ1v) is 8.38. The molecule has 1 aliphatic heterocycles. The van der Waals surface area contributed by atoms with Crippen LogP contribution in [0, 0.1) is 5.92 Å². The Morgan fingerprint density at radius 2 is 1.91 bits per heavy atom. The molecule has 7 heteroatoms. The summed E-state index contributed by atoms with van der Waals surface area (Å²) in [6, 6.07) is 0. The normalized spacial score (nSPS) is 21.0. The van der Waals surface area contributed by atoms with Gasteiger partial charge in [-0.05, 0) is 27.7 Å². The summed E-state index contributed by atoms with van der Waals surface area (Å²) in [6.07, 6.45) is 1.65. The summed E-state index contributed by atoms with van der Waals surface area (Å²) in [4.78, 5) is 33.6. The molecule has 1 aromatic heterocycles. The first-order valence-electron chi connectivity index (χ1n) is 7.50. The van der Waals surface area contributed by atoms with Crippen LogP contribution in [-0.2, 0) is 19.1 Å². The van der Waals surface area contributed by atoms with E-state index in [4.69, 9.17) is 9.47 Å². The van der Waals surface area contributed by atoms with E-state index in [1.54, 1.807) is 33.9 Å². The molecule has 0 fully saturated rings. The lowest BCUT2D eigenvalue weighted by Crippen LogP contribution is -2.36. The first-order chi connectivity index (χ1) is 11.0. The Labute approximate surface area is 139 Å². The summed E-state index contributed by atoms with van der Waals surface area (Å²) in [5, 5.41) is 2.50. The number of ether oxygens (including phenoxy) is 2. The number of hydrogen-bond donors (Lipinski definition) is 0. The molecule has 0 spiro atoms. The molecule has 0 bridgehead atoms. The van der Waals surface area contributed by atoms with Crippen LogP contribution in [-0.4, -0.2) is 35.8 Å². The van der Waals surface area contributed by atoms with Crippen molar-refractivity contribution in [2.24, 2.45) is 10.9 Å². The van der Waals surface area contributed by atoms with E-state index in [0.29, 0.717) is 22.0 Å². The quantitative estimate of drug-likeness (QED) is 0.773. The van der Waals surface area contributed by atoms with Gasteiger partial charge in [0.1, 0.15) is 10.9 Å². The lowest BCUT2D eigenvalue weighted by molar-refractivity contribution is -0.146. The lowest BCUT2D eigenvalue weighted by Gasteiger charge is -2.29. The van der Waals surface area contributed by atoms with Crippen LogP contribution < -0.4 is 0 Å². The van der Waals surface area contributed by atoms with Gasteiger partial charge in [0.2, 0.25) is 0 Å². The van der Waals surface area contributed by atoms with Gasteiger partial charge >= 0.3 is 11.9 Å². The second-order valence-electron chi connectivity index (χ2n) is 5.05. The molecule has 1 aliphatic rings. The van der Waals surface area contributed by atoms with Crippen molar-refractivity contribution in [3.05, 3.63) is 27.9 Å². The SMILES string of the molecule is CCOC(=O)C1=C(C)N=C(C)C(C(=O)OCC)C1c1nccs1. The summed E-state index contributed by atoms with van der Waals surface area (Å²) in [5.74, 6) is -2.05. The molecule has 2 unspecified atom stereocenters. The van der Waals surface area contributed by atoms with E-state index in [-0.39, 0.29) is 13.2 Å². The van der Waals surface area contributed by atoms with Gasteiger partial charge in [0.05, 0.1) is 24.7 Å². The molecular formula is C16H20N2O4S. The third kappa shape index (κ3) is 3.50. The van der Waals surface area contributed by atoms with Crippen molar-refractivity contribution in [2.45, 2.75) is 33.6 Å². The summed E-state index contributed by atoms with van der Waals surface area (Å²) in [7, 11) is 0. The third-order valence-electron chi connectivity index (χ3n) is 3.58. The minimum atomic E-state index is -0.663. The smallest absolute Gasteiger partial charge is 0.336 e. The van der Waals surface area contributed by atoms with Crippen LogP contribution in [0.15, 0.2) is 27.8 Å². The van der Waals surface area contributed by atoms with Gasteiger partial charge in [-0.2, -0.15) is 0 Å². The molecule has 23 heavy (non-hydrogen) atoms. The Kier molecular flexibility index (Phi) is 5.65. The predicted molar refractivity (Wildman–Crippen MR) is 87.4 cm³/mol. The molecule has 6 nitrogen and oxygen atoms in total. The van der Waals surface area contributed by atoms with E-state index >= 15 is 0 Å². The molecule has 0 aromatic carbocycles. The van der Waals surface area contributed by atoms with Gasteiger partial charge in [0, 0.05) is 23.0 Å². The zero-order valence-electron chi connectivity index (χ0n) is 13.7. The van der Waals surface area contributed by atoms with E-state index < -0.39 is 23.8 Å². The number of aromatic nitrogens is 1. The molecule has 0 radical (unpaired) electrons. The highest BCUT2D eigenvalue weighted by atomic mass is 32.1. The van der Waals surface area contributed by atoms with E-state index in [2.05, 4.69) is 9.98 Å². The zero-order chi connectivity index (χ0) is 17.0. The van der Waals surface area contributed by atoms with Crippen LogP contribution in [0.1, 0.15) is 38.6 Å². The Balaban J connectivity index is 2.54. The Bertz CT molecular complexity index is 649. The van der Waals surface area contributed by atoms with Crippen molar-refractivity contribution >= 4 is 29.0 Å². The number of rotatable bonds is 5. The summed E-state index contributed by atoms with van der Waals surface area (Å²) < 4.78 is 10.3. The highest BCUT2D eigenvalue weighted by Gasteiger charge is 2.43. The van der Waals surface area contributed by atoms with Crippen molar-refractivity contribution < 1.29 is 19.1 Å². The topological polar surface area (TPSA) is 77.8 Å². The van der Waals surface area contributed by atoms with Crippen LogP contribution in [0.5, 0.6) is 0 Å². The number of thiazole rings is 1. The standard InChI is InChI=1S/C16H20N2O4S/c1-5-21-15(19)11-9(3)18-10(4)12(16(20)22-6-2)13(11)14-17-7-8-23-14/h7-8,11,13H,5-6H2,1-4H3. The molecule has 0 saturated heterocycles.